The van der Waals surface area contributed by atoms with E-state index in [1.54, 1.807) is 6.07 Å². The molecule has 4 aliphatic rings. The van der Waals surface area contributed by atoms with Crippen molar-refractivity contribution in [1.82, 2.24) is 9.47 Å². The molecule has 0 bridgehead atoms. The fraction of sp³-hybridized carbons (Fsp3) is 0.484. The number of carboxylic acid groups (broad SMARTS) is 1. The first kappa shape index (κ1) is 23.0. The van der Waals surface area contributed by atoms with Crippen LogP contribution in [0.1, 0.15) is 77.4 Å². The van der Waals surface area contributed by atoms with Gasteiger partial charge in [0, 0.05) is 42.0 Å². The molecule has 1 saturated heterocycles. The SMILES string of the molecule is Cc1ccc2c(c1)C1CC1(C(=O)N1CCOCC1)Cn1c-2c(C2CCCCC2)c2ccc(C(=O)O)cc21. The van der Waals surface area contributed by atoms with Gasteiger partial charge in [0.15, 0.2) is 0 Å². The molecule has 1 aromatic heterocycles. The number of hydrogen-bond acceptors (Lipinski definition) is 3. The molecule has 2 aromatic carbocycles. The first-order valence-electron chi connectivity index (χ1n) is 13.9. The van der Waals surface area contributed by atoms with Gasteiger partial charge in [-0.1, -0.05) is 49.1 Å². The Balaban J connectivity index is 1.49. The van der Waals surface area contributed by atoms with Gasteiger partial charge >= 0.3 is 5.97 Å². The molecule has 0 spiro atoms. The highest BCUT2D eigenvalue weighted by Crippen LogP contribution is 2.66. The van der Waals surface area contributed by atoms with Crippen molar-refractivity contribution in [3.05, 3.63) is 58.7 Å². The number of hydrogen-bond donors (Lipinski definition) is 1. The third kappa shape index (κ3) is 3.48. The fourth-order valence-electron chi connectivity index (χ4n) is 7.51. The Kier molecular flexibility index (Phi) is 5.26. The highest BCUT2D eigenvalue weighted by molar-refractivity contribution is 6.00. The maximum atomic E-state index is 14.2. The Morgan fingerprint density at radius 1 is 1.03 bits per heavy atom. The second kappa shape index (κ2) is 8.45. The summed E-state index contributed by atoms with van der Waals surface area (Å²) in [5, 5.41) is 11.0. The summed E-state index contributed by atoms with van der Waals surface area (Å²) in [6.07, 6.45) is 6.91. The molecule has 2 unspecified atom stereocenters. The first-order valence-corrected chi connectivity index (χ1v) is 13.9. The zero-order chi connectivity index (χ0) is 25.3. The molecule has 192 valence electrons. The van der Waals surface area contributed by atoms with Crippen LogP contribution >= 0.6 is 0 Å². The molecular weight excluding hydrogens is 464 g/mol. The van der Waals surface area contributed by atoms with E-state index in [9.17, 15) is 14.7 Å². The average Bonchev–Trinajstić information content (AvgIpc) is 3.59. The van der Waals surface area contributed by atoms with Crippen molar-refractivity contribution in [1.29, 1.82) is 0 Å². The number of aromatic nitrogens is 1. The van der Waals surface area contributed by atoms with Gasteiger partial charge in [-0.15, -0.1) is 0 Å². The van der Waals surface area contributed by atoms with Crippen LogP contribution in [0.4, 0.5) is 0 Å². The molecule has 1 N–H and O–H groups in total. The second-order valence-corrected chi connectivity index (χ2v) is 11.6. The zero-order valence-corrected chi connectivity index (χ0v) is 21.5. The van der Waals surface area contributed by atoms with Crippen molar-refractivity contribution < 1.29 is 19.4 Å². The van der Waals surface area contributed by atoms with E-state index in [1.807, 2.05) is 17.0 Å². The largest absolute Gasteiger partial charge is 0.478 e. The summed E-state index contributed by atoms with van der Waals surface area (Å²) in [4.78, 5) is 28.2. The van der Waals surface area contributed by atoms with Gasteiger partial charge in [0.25, 0.3) is 0 Å². The van der Waals surface area contributed by atoms with E-state index >= 15 is 0 Å². The third-order valence-electron chi connectivity index (χ3n) is 9.44. The number of carboxylic acids is 1. The number of ether oxygens (including phenoxy) is 1. The number of nitrogens with zero attached hydrogens (tertiary/aromatic N) is 2. The van der Waals surface area contributed by atoms with Crippen molar-refractivity contribution in [3.8, 4) is 11.3 Å². The highest BCUT2D eigenvalue weighted by Gasteiger charge is 2.63. The molecular formula is C31H34N2O4. The van der Waals surface area contributed by atoms with Gasteiger partial charge in [-0.25, -0.2) is 4.79 Å². The van der Waals surface area contributed by atoms with Crippen LogP contribution in [-0.2, 0) is 16.1 Å². The molecule has 2 atom stereocenters. The van der Waals surface area contributed by atoms with Crippen molar-refractivity contribution >= 4 is 22.8 Å². The van der Waals surface area contributed by atoms with Gasteiger partial charge in [0.1, 0.15) is 0 Å². The molecule has 2 saturated carbocycles. The molecule has 3 heterocycles. The van der Waals surface area contributed by atoms with Gasteiger partial charge < -0.3 is 19.3 Å². The number of amides is 1. The number of benzene rings is 2. The number of fused-ring (bicyclic) bond motifs is 7. The van der Waals surface area contributed by atoms with Gasteiger partial charge in [0.2, 0.25) is 5.91 Å². The minimum absolute atomic E-state index is 0.189. The summed E-state index contributed by atoms with van der Waals surface area (Å²) in [6.45, 7) is 5.20. The average molecular weight is 499 g/mol. The number of morpholine rings is 1. The summed E-state index contributed by atoms with van der Waals surface area (Å²) in [7, 11) is 0. The Morgan fingerprint density at radius 2 is 1.81 bits per heavy atom. The molecule has 2 aliphatic heterocycles. The van der Waals surface area contributed by atoms with Gasteiger partial charge in [0.05, 0.1) is 29.9 Å². The smallest absolute Gasteiger partial charge is 0.335 e. The number of carbonyl (C=O) groups excluding carboxylic acids is 1. The summed E-state index contributed by atoms with van der Waals surface area (Å²) in [5.41, 5.74) is 7.11. The Morgan fingerprint density at radius 3 is 2.57 bits per heavy atom. The monoisotopic (exact) mass is 498 g/mol. The van der Waals surface area contributed by atoms with Crippen molar-refractivity contribution in [2.45, 2.75) is 63.8 Å². The lowest BCUT2D eigenvalue weighted by atomic mass is 9.81. The minimum atomic E-state index is -0.912. The van der Waals surface area contributed by atoms with E-state index in [0.29, 0.717) is 44.3 Å². The van der Waals surface area contributed by atoms with Crippen LogP contribution < -0.4 is 0 Å². The lowest BCUT2D eigenvalue weighted by Gasteiger charge is -2.31. The Bertz CT molecular complexity index is 1430. The van der Waals surface area contributed by atoms with Crippen LogP contribution in [0.15, 0.2) is 36.4 Å². The van der Waals surface area contributed by atoms with Crippen LogP contribution in [0, 0.1) is 12.3 Å². The molecule has 0 radical (unpaired) electrons. The minimum Gasteiger partial charge on any atom is -0.478 e. The number of aryl methyl sites for hydroxylation is 1. The molecule has 3 aromatic rings. The number of aromatic carboxylic acids is 1. The van der Waals surface area contributed by atoms with E-state index in [0.717, 1.165) is 30.2 Å². The maximum absolute atomic E-state index is 14.2. The van der Waals surface area contributed by atoms with Gasteiger partial charge in [-0.2, -0.15) is 0 Å². The number of rotatable bonds is 3. The maximum Gasteiger partial charge on any atom is 0.335 e. The van der Waals surface area contributed by atoms with Crippen LogP contribution in [0.25, 0.3) is 22.2 Å². The van der Waals surface area contributed by atoms with E-state index in [2.05, 4.69) is 29.7 Å². The summed E-state index contributed by atoms with van der Waals surface area (Å²) in [5.74, 6) is -0.0338. The summed E-state index contributed by atoms with van der Waals surface area (Å²) >= 11 is 0. The molecule has 2 aliphatic carbocycles. The first-order chi connectivity index (χ1) is 18.0. The lowest BCUT2D eigenvalue weighted by Crippen LogP contribution is -2.45. The van der Waals surface area contributed by atoms with Crippen LogP contribution in [0.3, 0.4) is 0 Å². The van der Waals surface area contributed by atoms with E-state index in [4.69, 9.17) is 4.74 Å². The summed E-state index contributed by atoms with van der Waals surface area (Å²) in [6, 6.07) is 12.4. The molecule has 6 heteroatoms. The zero-order valence-electron chi connectivity index (χ0n) is 21.5. The second-order valence-electron chi connectivity index (χ2n) is 11.6. The predicted octanol–water partition coefficient (Wildman–Crippen LogP) is 5.71. The Labute approximate surface area is 217 Å². The van der Waals surface area contributed by atoms with Crippen LogP contribution in [0.2, 0.25) is 0 Å². The quantitative estimate of drug-likeness (QED) is 0.502. The van der Waals surface area contributed by atoms with Crippen molar-refractivity contribution in [2.75, 3.05) is 26.3 Å². The lowest BCUT2D eigenvalue weighted by molar-refractivity contribution is -0.141. The van der Waals surface area contributed by atoms with Crippen molar-refractivity contribution in [2.24, 2.45) is 5.41 Å². The standard InChI is InChI=1S/C31H34N2O4/c1-19-7-9-22-24(15-19)25-17-31(25,30(36)32-11-13-37-14-12-32)18-33-26-16-21(29(34)35)8-10-23(26)27(28(22)33)20-5-3-2-4-6-20/h7-10,15-16,20,25H,2-6,11-14,17-18H2,1H3,(H,34,35). The Hall–Kier alpha value is -3.12. The molecule has 6 nitrogen and oxygen atoms in total. The molecule has 3 fully saturated rings. The normalized spacial score (nSPS) is 25.2. The molecule has 37 heavy (non-hydrogen) atoms. The van der Waals surface area contributed by atoms with E-state index in [1.165, 1.54) is 47.2 Å². The fourth-order valence-corrected chi connectivity index (χ4v) is 7.51. The van der Waals surface area contributed by atoms with Gasteiger partial charge in [-0.3, -0.25) is 4.79 Å². The molecule has 7 rings (SSSR count). The molecule has 1 amide bonds. The number of carbonyl (C=O) groups is 2. The topological polar surface area (TPSA) is 71.8 Å². The van der Waals surface area contributed by atoms with Crippen molar-refractivity contribution in [3.63, 3.8) is 0 Å². The van der Waals surface area contributed by atoms with Crippen LogP contribution in [0.5, 0.6) is 0 Å². The van der Waals surface area contributed by atoms with Crippen LogP contribution in [-0.4, -0.2) is 52.8 Å². The van der Waals surface area contributed by atoms with E-state index in [-0.39, 0.29) is 11.8 Å². The highest BCUT2D eigenvalue weighted by atomic mass is 16.5. The third-order valence-corrected chi connectivity index (χ3v) is 9.44. The summed E-state index contributed by atoms with van der Waals surface area (Å²) < 4.78 is 7.88. The van der Waals surface area contributed by atoms with E-state index < -0.39 is 11.4 Å². The predicted molar refractivity (Wildman–Crippen MR) is 142 cm³/mol. The van der Waals surface area contributed by atoms with Gasteiger partial charge in [-0.05, 0) is 55.4 Å².